The van der Waals surface area contributed by atoms with Crippen molar-refractivity contribution < 1.29 is 14.6 Å². The van der Waals surface area contributed by atoms with Crippen molar-refractivity contribution in [3.05, 3.63) is 29.8 Å². The molecule has 3 heteroatoms. The molecule has 0 aromatic heterocycles. The minimum Gasteiger partial charge on any atom is -0.493 e. The Bertz CT molecular complexity index is 525. The van der Waals surface area contributed by atoms with Crippen LogP contribution in [0.3, 0.4) is 0 Å². The van der Waals surface area contributed by atoms with Gasteiger partial charge in [-0.3, -0.25) is 4.79 Å². The zero-order valence-corrected chi connectivity index (χ0v) is 12.7. The number of rotatable bonds is 3. The predicted molar refractivity (Wildman–Crippen MR) is 81.6 cm³/mol. The van der Waals surface area contributed by atoms with E-state index in [1.165, 1.54) is 12.0 Å². The van der Waals surface area contributed by atoms with Gasteiger partial charge in [-0.05, 0) is 49.1 Å². The van der Waals surface area contributed by atoms with E-state index in [1.54, 1.807) is 0 Å². The SMILES string of the molecule is CC1CCCC(CC2CCOc3ccccc32)(C(=O)O)C1. The van der Waals surface area contributed by atoms with Gasteiger partial charge in [0.25, 0.3) is 0 Å². The monoisotopic (exact) mass is 288 g/mol. The number of carboxylic acids is 1. The highest BCUT2D eigenvalue weighted by atomic mass is 16.5. The van der Waals surface area contributed by atoms with E-state index in [4.69, 9.17) is 4.74 Å². The Morgan fingerprint density at radius 2 is 2.19 bits per heavy atom. The minimum absolute atomic E-state index is 0.316. The highest BCUT2D eigenvalue weighted by molar-refractivity contribution is 5.75. The summed E-state index contributed by atoms with van der Waals surface area (Å²) < 4.78 is 5.71. The summed E-state index contributed by atoms with van der Waals surface area (Å²) in [6.07, 6.45) is 5.54. The largest absolute Gasteiger partial charge is 0.493 e. The van der Waals surface area contributed by atoms with Crippen LogP contribution in [0.25, 0.3) is 0 Å². The first kappa shape index (κ1) is 14.4. The van der Waals surface area contributed by atoms with E-state index in [0.29, 0.717) is 18.4 Å². The van der Waals surface area contributed by atoms with Crippen LogP contribution in [-0.4, -0.2) is 17.7 Å². The molecule has 0 amide bonds. The highest BCUT2D eigenvalue weighted by Gasteiger charge is 2.44. The van der Waals surface area contributed by atoms with Crippen molar-refractivity contribution in [2.45, 2.75) is 51.4 Å². The molecule has 1 saturated carbocycles. The van der Waals surface area contributed by atoms with E-state index in [1.807, 2.05) is 18.2 Å². The van der Waals surface area contributed by atoms with Gasteiger partial charge in [-0.2, -0.15) is 0 Å². The first-order valence-corrected chi connectivity index (χ1v) is 8.06. The number of para-hydroxylation sites is 1. The quantitative estimate of drug-likeness (QED) is 0.905. The lowest BCUT2D eigenvalue weighted by atomic mass is 9.64. The second-order valence-corrected chi connectivity index (χ2v) is 6.86. The number of hydrogen-bond donors (Lipinski definition) is 1. The van der Waals surface area contributed by atoms with Gasteiger partial charge in [-0.25, -0.2) is 0 Å². The van der Waals surface area contributed by atoms with Gasteiger partial charge in [0.2, 0.25) is 0 Å². The van der Waals surface area contributed by atoms with Gasteiger partial charge >= 0.3 is 5.97 Å². The maximum Gasteiger partial charge on any atom is 0.309 e. The van der Waals surface area contributed by atoms with Crippen molar-refractivity contribution in [1.82, 2.24) is 0 Å². The average Bonchev–Trinajstić information content (AvgIpc) is 2.47. The van der Waals surface area contributed by atoms with Gasteiger partial charge in [0.15, 0.2) is 0 Å². The van der Waals surface area contributed by atoms with Crippen molar-refractivity contribution in [3.8, 4) is 5.75 Å². The van der Waals surface area contributed by atoms with Crippen molar-refractivity contribution >= 4 is 5.97 Å². The van der Waals surface area contributed by atoms with E-state index in [-0.39, 0.29) is 0 Å². The van der Waals surface area contributed by atoms with Crippen molar-refractivity contribution in [2.75, 3.05) is 6.61 Å². The molecular formula is C18H24O3. The zero-order chi connectivity index (χ0) is 14.9. The standard InChI is InChI=1S/C18H24O3/c1-13-5-4-9-18(11-13,17(19)20)12-14-8-10-21-16-7-3-2-6-15(14)16/h2-3,6-7,13-14H,4-5,8-12H2,1H3,(H,19,20). The molecule has 1 aromatic carbocycles. The summed E-state index contributed by atoms with van der Waals surface area (Å²) in [5.41, 5.74) is 0.662. The molecule has 1 aromatic rings. The molecule has 1 N–H and O–H groups in total. The molecule has 0 bridgehead atoms. The molecule has 3 unspecified atom stereocenters. The lowest BCUT2D eigenvalue weighted by Crippen LogP contribution is -2.38. The van der Waals surface area contributed by atoms with Crippen LogP contribution in [0.1, 0.15) is 56.9 Å². The fraction of sp³-hybridized carbons (Fsp3) is 0.611. The van der Waals surface area contributed by atoms with Crippen LogP contribution in [0.15, 0.2) is 24.3 Å². The van der Waals surface area contributed by atoms with Gasteiger partial charge in [0, 0.05) is 0 Å². The Balaban J connectivity index is 1.86. The van der Waals surface area contributed by atoms with Crippen LogP contribution >= 0.6 is 0 Å². The molecule has 0 radical (unpaired) electrons. The second kappa shape index (κ2) is 5.70. The summed E-state index contributed by atoms with van der Waals surface area (Å²) in [7, 11) is 0. The molecule has 3 rings (SSSR count). The molecule has 1 aliphatic carbocycles. The fourth-order valence-corrected chi connectivity index (χ4v) is 4.23. The van der Waals surface area contributed by atoms with Gasteiger partial charge < -0.3 is 9.84 Å². The van der Waals surface area contributed by atoms with E-state index in [9.17, 15) is 9.90 Å². The molecule has 0 saturated heterocycles. The number of carboxylic acid groups (broad SMARTS) is 1. The van der Waals surface area contributed by atoms with Crippen LogP contribution in [0.4, 0.5) is 0 Å². The van der Waals surface area contributed by atoms with E-state index in [0.717, 1.165) is 37.9 Å². The van der Waals surface area contributed by atoms with Crippen LogP contribution in [0.5, 0.6) is 5.75 Å². The number of aliphatic carboxylic acids is 1. The third-order valence-corrected chi connectivity index (χ3v) is 5.26. The van der Waals surface area contributed by atoms with Crippen molar-refractivity contribution in [3.63, 3.8) is 0 Å². The second-order valence-electron chi connectivity index (χ2n) is 6.86. The van der Waals surface area contributed by atoms with Gasteiger partial charge in [-0.1, -0.05) is 38.0 Å². The van der Waals surface area contributed by atoms with E-state index in [2.05, 4.69) is 13.0 Å². The summed E-state index contributed by atoms with van der Waals surface area (Å²) in [4.78, 5) is 12.0. The van der Waals surface area contributed by atoms with Crippen molar-refractivity contribution in [2.24, 2.45) is 11.3 Å². The van der Waals surface area contributed by atoms with Gasteiger partial charge in [0.05, 0.1) is 12.0 Å². The lowest BCUT2D eigenvalue weighted by Gasteiger charge is -2.40. The minimum atomic E-state index is -0.599. The topological polar surface area (TPSA) is 46.5 Å². The maximum atomic E-state index is 12.0. The Labute approximate surface area is 126 Å². The Morgan fingerprint density at radius 1 is 1.38 bits per heavy atom. The number of carbonyl (C=O) groups is 1. The maximum absolute atomic E-state index is 12.0. The average molecular weight is 288 g/mol. The van der Waals surface area contributed by atoms with Gasteiger partial charge in [-0.15, -0.1) is 0 Å². The zero-order valence-electron chi connectivity index (χ0n) is 12.7. The van der Waals surface area contributed by atoms with Crippen LogP contribution in [-0.2, 0) is 4.79 Å². The summed E-state index contributed by atoms with van der Waals surface area (Å²) in [6.45, 7) is 2.89. The fourth-order valence-electron chi connectivity index (χ4n) is 4.23. The van der Waals surface area contributed by atoms with E-state index >= 15 is 0 Å². The molecule has 0 spiro atoms. The molecule has 1 fully saturated rings. The van der Waals surface area contributed by atoms with Crippen LogP contribution in [0.2, 0.25) is 0 Å². The third kappa shape index (κ3) is 2.78. The molecule has 114 valence electrons. The molecule has 1 aliphatic heterocycles. The highest BCUT2D eigenvalue weighted by Crippen LogP contribution is 2.48. The molecule has 1 heterocycles. The number of hydrogen-bond acceptors (Lipinski definition) is 2. The summed E-state index contributed by atoms with van der Waals surface area (Å²) in [6, 6.07) is 8.10. The predicted octanol–water partition coefficient (Wildman–Crippen LogP) is 4.22. The number of benzene rings is 1. The molecule has 2 aliphatic rings. The molecule has 21 heavy (non-hydrogen) atoms. The Kier molecular flexibility index (Phi) is 3.92. The first-order chi connectivity index (χ1) is 10.1. The van der Waals surface area contributed by atoms with E-state index < -0.39 is 11.4 Å². The third-order valence-electron chi connectivity index (χ3n) is 5.26. The number of ether oxygens (including phenoxy) is 1. The first-order valence-electron chi connectivity index (χ1n) is 8.06. The molecule has 3 atom stereocenters. The normalized spacial score (nSPS) is 32.0. The van der Waals surface area contributed by atoms with Gasteiger partial charge in [0.1, 0.15) is 5.75 Å². The molecular weight excluding hydrogens is 264 g/mol. The van der Waals surface area contributed by atoms with Crippen LogP contribution < -0.4 is 4.74 Å². The van der Waals surface area contributed by atoms with Crippen molar-refractivity contribution in [1.29, 1.82) is 0 Å². The lowest BCUT2D eigenvalue weighted by molar-refractivity contribution is -0.153. The summed E-state index contributed by atoms with van der Waals surface area (Å²) in [5, 5.41) is 9.85. The summed E-state index contributed by atoms with van der Waals surface area (Å²) >= 11 is 0. The van der Waals surface area contributed by atoms with Crippen LogP contribution in [0, 0.1) is 11.3 Å². The number of fused-ring (bicyclic) bond motifs is 1. The Morgan fingerprint density at radius 3 is 2.95 bits per heavy atom. The smallest absolute Gasteiger partial charge is 0.309 e. The molecule has 3 nitrogen and oxygen atoms in total. The Hall–Kier alpha value is -1.51. The summed E-state index contributed by atoms with van der Waals surface area (Å²) in [5.74, 6) is 1.18.